The van der Waals surface area contributed by atoms with Crippen LogP contribution in [0.4, 0.5) is 5.82 Å². The fraction of sp³-hybridized carbons (Fsp3) is 0.500. The number of anilines is 1. The molecule has 0 saturated carbocycles. The largest absolute Gasteiger partial charge is 0.384 e. The van der Waals surface area contributed by atoms with E-state index in [0.29, 0.717) is 17.9 Å². The molecule has 5 heteroatoms. The van der Waals surface area contributed by atoms with Gasteiger partial charge in [0, 0.05) is 24.9 Å². The number of nitrogens with one attached hydrogen (secondary N) is 1. The second kappa shape index (κ2) is 5.14. The van der Waals surface area contributed by atoms with Crippen molar-refractivity contribution >= 4 is 11.7 Å². The molecule has 5 nitrogen and oxygen atoms in total. The number of carbonyl (C=O) groups is 1. The molecule has 0 saturated heterocycles. The van der Waals surface area contributed by atoms with Crippen LogP contribution in [0.1, 0.15) is 29.9 Å². The van der Waals surface area contributed by atoms with E-state index in [9.17, 15) is 4.79 Å². The zero-order chi connectivity index (χ0) is 13.1. The number of pyridine rings is 1. The number of nitrogen functional groups attached to an aromatic ring is 1. The normalized spacial score (nSPS) is 11.3. The number of nitrogens with zero attached hydrogens (tertiary/aromatic N) is 1. The summed E-state index contributed by atoms with van der Waals surface area (Å²) in [4.78, 5) is 15.9. The molecule has 0 atom stereocenters. The van der Waals surface area contributed by atoms with Crippen molar-refractivity contribution in [2.75, 3.05) is 19.4 Å². The summed E-state index contributed by atoms with van der Waals surface area (Å²) in [7, 11) is 1.61. The van der Waals surface area contributed by atoms with Gasteiger partial charge in [0.05, 0.1) is 5.60 Å². The number of nitrogens with two attached hydrogens (primary N) is 1. The van der Waals surface area contributed by atoms with E-state index in [0.717, 1.165) is 5.69 Å². The van der Waals surface area contributed by atoms with Gasteiger partial charge in [0.15, 0.2) is 0 Å². The summed E-state index contributed by atoms with van der Waals surface area (Å²) in [6, 6.07) is 3.26. The summed E-state index contributed by atoms with van der Waals surface area (Å²) in [5.41, 5.74) is 6.44. The molecular formula is C12H19N3O2. The van der Waals surface area contributed by atoms with Crippen LogP contribution in [-0.4, -0.2) is 30.1 Å². The Bertz CT molecular complexity index is 396. The summed E-state index contributed by atoms with van der Waals surface area (Å²) < 4.78 is 5.22. The molecule has 0 fully saturated rings. The molecule has 1 rings (SSSR count). The molecule has 0 spiro atoms. The maximum atomic E-state index is 11.9. The van der Waals surface area contributed by atoms with Crippen molar-refractivity contribution in [3.05, 3.63) is 23.4 Å². The molecule has 0 aliphatic carbocycles. The van der Waals surface area contributed by atoms with Gasteiger partial charge in [0.2, 0.25) is 0 Å². The number of hydrogen-bond acceptors (Lipinski definition) is 4. The summed E-state index contributed by atoms with van der Waals surface area (Å²) in [5.74, 6) is 0.175. The molecule has 1 heterocycles. The molecule has 0 aliphatic heterocycles. The molecule has 0 radical (unpaired) electrons. The van der Waals surface area contributed by atoms with E-state index in [1.54, 1.807) is 26.2 Å². The first-order chi connectivity index (χ1) is 7.84. The Balaban J connectivity index is 2.70. The molecule has 1 aromatic heterocycles. The Morgan fingerprint density at radius 1 is 1.53 bits per heavy atom. The Morgan fingerprint density at radius 3 is 2.71 bits per heavy atom. The monoisotopic (exact) mass is 237 g/mol. The molecule has 0 unspecified atom stereocenters. The van der Waals surface area contributed by atoms with Gasteiger partial charge in [-0.2, -0.15) is 0 Å². The average molecular weight is 237 g/mol. The van der Waals surface area contributed by atoms with Crippen LogP contribution in [0.2, 0.25) is 0 Å². The fourth-order valence-corrected chi connectivity index (χ4v) is 1.29. The third kappa shape index (κ3) is 4.03. The quantitative estimate of drug-likeness (QED) is 0.823. The number of methoxy groups -OCH3 is 1. The lowest BCUT2D eigenvalue weighted by molar-refractivity contribution is 0.0229. The van der Waals surface area contributed by atoms with E-state index < -0.39 is 0 Å². The van der Waals surface area contributed by atoms with Crippen LogP contribution in [0.5, 0.6) is 0 Å². The zero-order valence-corrected chi connectivity index (χ0v) is 10.7. The number of hydrogen-bond donors (Lipinski definition) is 2. The third-order valence-corrected chi connectivity index (χ3v) is 2.46. The lowest BCUT2D eigenvalue weighted by Crippen LogP contribution is -2.39. The molecule has 0 aromatic carbocycles. The van der Waals surface area contributed by atoms with Gasteiger partial charge in [0.25, 0.3) is 5.91 Å². The number of ether oxygens (including phenoxy) is 1. The molecule has 0 bridgehead atoms. The zero-order valence-electron chi connectivity index (χ0n) is 10.7. The van der Waals surface area contributed by atoms with Gasteiger partial charge in [-0.3, -0.25) is 4.79 Å². The van der Waals surface area contributed by atoms with Crippen LogP contribution in [0, 0.1) is 6.92 Å². The van der Waals surface area contributed by atoms with Crippen LogP contribution in [0.15, 0.2) is 12.1 Å². The van der Waals surface area contributed by atoms with Crippen molar-refractivity contribution in [3.63, 3.8) is 0 Å². The SMILES string of the molecule is COC(C)(C)CNC(=O)c1cc(C)nc(N)c1. The average Bonchev–Trinajstić information content (AvgIpc) is 2.24. The second-order valence-corrected chi connectivity index (χ2v) is 4.57. The predicted octanol–water partition coefficient (Wildman–Crippen LogP) is 1.13. The molecule has 1 aromatic rings. The molecule has 1 amide bonds. The first-order valence-electron chi connectivity index (χ1n) is 5.41. The van der Waals surface area contributed by atoms with E-state index in [4.69, 9.17) is 10.5 Å². The smallest absolute Gasteiger partial charge is 0.251 e. The highest BCUT2D eigenvalue weighted by molar-refractivity contribution is 5.94. The first-order valence-corrected chi connectivity index (χ1v) is 5.41. The summed E-state index contributed by atoms with van der Waals surface area (Å²) in [6.07, 6.45) is 0. The van der Waals surface area contributed by atoms with E-state index in [2.05, 4.69) is 10.3 Å². The van der Waals surface area contributed by atoms with Crippen molar-refractivity contribution in [2.24, 2.45) is 0 Å². The van der Waals surface area contributed by atoms with Crippen molar-refractivity contribution in [1.29, 1.82) is 0 Å². The van der Waals surface area contributed by atoms with E-state index in [1.165, 1.54) is 0 Å². The van der Waals surface area contributed by atoms with Crippen LogP contribution >= 0.6 is 0 Å². The van der Waals surface area contributed by atoms with Gasteiger partial charge in [-0.05, 0) is 32.9 Å². The van der Waals surface area contributed by atoms with Crippen molar-refractivity contribution in [3.8, 4) is 0 Å². The van der Waals surface area contributed by atoms with Crippen LogP contribution < -0.4 is 11.1 Å². The molecule has 0 aliphatic rings. The van der Waals surface area contributed by atoms with E-state index in [-0.39, 0.29) is 11.5 Å². The maximum absolute atomic E-state index is 11.9. The van der Waals surface area contributed by atoms with Crippen LogP contribution in [-0.2, 0) is 4.74 Å². The van der Waals surface area contributed by atoms with Crippen molar-refractivity contribution < 1.29 is 9.53 Å². The van der Waals surface area contributed by atoms with Crippen LogP contribution in [0.3, 0.4) is 0 Å². The van der Waals surface area contributed by atoms with Crippen LogP contribution in [0.25, 0.3) is 0 Å². The topological polar surface area (TPSA) is 77.2 Å². The Morgan fingerprint density at radius 2 is 2.18 bits per heavy atom. The standard InChI is InChI=1S/C12H19N3O2/c1-8-5-9(6-10(13)15-8)11(16)14-7-12(2,3)17-4/h5-6H,7H2,1-4H3,(H2,13,15)(H,14,16). The minimum absolute atomic E-state index is 0.174. The van der Waals surface area contributed by atoms with Crippen molar-refractivity contribution in [2.45, 2.75) is 26.4 Å². The van der Waals surface area contributed by atoms with Gasteiger partial charge in [0.1, 0.15) is 5.82 Å². The molecule has 17 heavy (non-hydrogen) atoms. The minimum Gasteiger partial charge on any atom is -0.384 e. The first kappa shape index (κ1) is 13.4. The van der Waals surface area contributed by atoms with E-state index >= 15 is 0 Å². The number of rotatable bonds is 4. The summed E-state index contributed by atoms with van der Waals surface area (Å²) in [5, 5.41) is 2.80. The minimum atomic E-state index is -0.386. The maximum Gasteiger partial charge on any atom is 0.251 e. The number of aromatic nitrogens is 1. The highest BCUT2D eigenvalue weighted by Gasteiger charge is 2.18. The predicted molar refractivity (Wildman–Crippen MR) is 66.8 cm³/mol. The molecule has 3 N–H and O–H groups in total. The Kier molecular flexibility index (Phi) is 4.07. The van der Waals surface area contributed by atoms with Crippen molar-refractivity contribution in [1.82, 2.24) is 10.3 Å². The highest BCUT2D eigenvalue weighted by Crippen LogP contribution is 2.09. The van der Waals surface area contributed by atoms with E-state index in [1.807, 2.05) is 13.8 Å². The molecule has 94 valence electrons. The van der Waals surface area contributed by atoms with Gasteiger partial charge in [-0.1, -0.05) is 0 Å². The fourth-order valence-electron chi connectivity index (χ4n) is 1.29. The summed E-state index contributed by atoms with van der Waals surface area (Å²) >= 11 is 0. The number of carbonyl (C=O) groups excluding carboxylic acids is 1. The summed E-state index contributed by atoms with van der Waals surface area (Å²) in [6.45, 7) is 6.04. The molecular weight excluding hydrogens is 218 g/mol. The lowest BCUT2D eigenvalue weighted by atomic mass is 10.1. The second-order valence-electron chi connectivity index (χ2n) is 4.57. The van der Waals surface area contributed by atoms with Gasteiger partial charge < -0.3 is 15.8 Å². The number of amides is 1. The van der Waals surface area contributed by atoms with Gasteiger partial charge in [-0.15, -0.1) is 0 Å². The highest BCUT2D eigenvalue weighted by atomic mass is 16.5. The number of aryl methyl sites for hydroxylation is 1. The Labute approximate surface area is 101 Å². The lowest BCUT2D eigenvalue weighted by Gasteiger charge is -2.23. The van der Waals surface area contributed by atoms with Gasteiger partial charge >= 0.3 is 0 Å². The Hall–Kier alpha value is -1.62. The third-order valence-electron chi connectivity index (χ3n) is 2.46. The van der Waals surface area contributed by atoms with Gasteiger partial charge in [-0.25, -0.2) is 4.98 Å².